The molecule has 23 heavy (non-hydrogen) atoms. The molecule has 1 aliphatic rings. The molecule has 6 nitrogen and oxygen atoms in total. The molecule has 1 aromatic heterocycles. The van der Waals surface area contributed by atoms with Crippen molar-refractivity contribution in [3.63, 3.8) is 0 Å². The maximum absolute atomic E-state index is 12.0. The second-order valence-corrected chi connectivity index (χ2v) is 5.67. The monoisotopic (exact) mass is 317 g/mol. The van der Waals surface area contributed by atoms with Gasteiger partial charge in [0.15, 0.2) is 6.61 Å². The lowest BCUT2D eigenvalue weighted by atomic mass is 10.1. The van der Waals surface area contributed by atoms with Gasteiger partial charge in [0.1, 0.15) is 11.3 Å². The van der Waals surface area contributed by atoms with Gasteiger partial charge < -0.3 is 19.2 Å². The zero-order valence-corrected chi connectivity index (χ0v) is 12.9. The van der Waals surface area contributed by atoms with Crippen LogP contribution in [0.15, 0.2) is 33.5 Å². The quantitative estimate of drug-likeness (QED) is 0.861. The minimum Gasteiger partial charge on any atom is -0.484 e. The summed E-state index contributed by atoms with van der Waals surface area (Å²) in [7, 11) is 0. The number of hydrogen-bond acceptors (Lipinski definition) is 5. The van der Waals surface area contributed by atoms with Crippen LogP contribution in [0.2, 0.25) is 0 Å². The van der Waals surface area contributed by atoms with Crippen LogP contribution in [0.3, 0.4) is 0 Å². The topological polar surface area (TPSA) is 80.0 Å². The van der Waals surface area contributed by atoms with Crippen LogP contribution in [0, 0.1) is 0 Å². The van der Waals surface area contributed by atoms with Crippen LogP contribution in [0.25, 0.3) is 11.0 Å². The third kappa shape index (κ3) is 3.37. The van der Waals surface area contributed by atoms with Crippen LogP contribution < -0.4 is 10.4 Å². The summed E-state index contributed by atoms with van der Waals surface area (Å²) in [5.74, 6) is 0.312. The number of hydrogen-bond donors (Lipinski definition) is 1. The van der Waals surface area contributed by atoms with Crippen LogP contribution in [-0.2, 0) is 11.2 Å². The molecule has 0 bridgehead atoms. The molecule has 2 aromatic rings. The summed E-state index contributed by atoms with van der Waals surface area (Å²) in [6.07, 6.45) is 0.895. The first-order chi connectivity index (χ1) is 11.1. The minimum absolute atomic E-state index is 0.101. The fraction of sp³-hybridized carbons (Fsp3) is 0.412. The van der Waals surface area contributed by atoms with E-state index in [4.69, 9.17) is 9.15 Å². The molecule has 1 aliphatic heterocycles. The number of ether oxygens (including phenoxy) is 1. The highest BCUT2D eigenvalue weighted by Crippen LogP contribution is 2.23. The molecule has 1 saturated heterocycles. The second-order valence-electron chi connectivity index (χ2n) is 5.67. The summed E-state index contributed by atoms with van der Waals surface area (Å²) < 4.78 is 10.7. The van der Waals surface area contributed by atoms with E-state index in [1.54, 1.807) is 17.0 Å². The summed E-state index contributed by atoms with van der Waals surface area (Å²) in [6.45, 7) is 2.78. The van der Waals surface area contributed by atoms with Gasteiger partial charge in [-0.05, 0) is 30.5 Å². The van der Waals surface area contributed by atoms with Crippen LogP contribution in [0.5, 0.6) is 5.75 Å². The zero-order valence-electron chi connectivity index (χ0n) is 12.9. The average molecular weight is 317 g/mol. The van der Waals surface area contributed by atoms with Crippen LogP contribution in [0.1, 0.15) is 18.9 Å². The number of nitrogens with zero attached hydrogens (tertiary/aromatic N) is 1. The molecular weight excluding hydrogens is 298 g/mol. The second kappa shape index (κ2) is 6.42. The highest BCUT2D eigenvalue weighted by Gasteiger charge is 2.24. The standard InChI is InChI=1S/C17H19NO5/c1-2-11-7-17(21)23-15-8-13(3-4-14(11)15)22-10-16(20)18-6-5-12(19)9-18/h3-4,7-8,12,19H,2,5-6,9-10H2,1H3/t12-/m1/s1. The van der Waals surface area contributed by atoms with Gasteiger partial charge in [-0.15, -0.1) is 0 Å². The van der Waals surface area contributed by atoms with E-state index < -0.39 is 11.7 Å². The molecule has 0 saturated carbocycles. The van der Waals surface area contributed by atoms with Crippen molar-refractivity contribution in [3.8, 4) is 5.75 Å². The number of aliphatic hydroxyl groups excluding tert-OH is 1. The van der Waals surface area contributed by atoms with Gasteiger partial charge in [0.05, 0.1) is 6.10 Å². The maximum Gasteiger partial charge on any atom is 0.336 e. The fourth-order valence-electron chi connectivity index (χ4n) is 2.80. The largest absolute Gasteiger partial charge is 0.484 e. The molecule has 0 spiro atoms. The van der Waals surface area contributed by atoms with E-state index in [-0.39, 0.29) is 12.5 Å². The number of benzene rings is 1. The third-order valence-corrected chi connectivity index (χ3v) is 4.06. The first kappa shape index (κ1) is 15.6. The number of aryl methyl sites for hydroxylation is 1. The smallest absolute Gasteiger partial charge is 0.336 e. The maximum atomic E-state index is 12.0. The van der Waals surface area contributed by atoms with Gasteiger partial charge in [0.25, 0.3) is 5.91 Å². The van der Waals surface area contributed by atoms with Crippen LogP contribution in [-0.4, -0.2) is 41.7 Å². The van der Waals surface area contributed by atoms with Gasteiger partial charge in [-0.2, -0.15) is 0 Å². The summed E-state index contributed by atoms with van der Waals surface area (Å²) in [5.41, 5.74) is 0.981. The Balaban J connectivity index is 1.73. The van der Waals surface area contributed by atoms with Gasteiger partial charge in [0.2, 0.25) is 0 Å². The van der Waals surface area contributed by atoms with E-state index in [0.717, 1.165) is 17.4 Å². The Labute approximate surface area is 133 Å². The third-order valence-electron chi connectivity index (χ3n) is 4.06. The Bertz CT molecular complexity index is 782. The Morgan fingerprint density at radius 2 is 2.26 bits per heavy atom. The molecule has 1 fully saturated rings. The highest BCUT2D eigenvalue weighted by atomic mass is 16.5. The van der Waals surface area contributed by atoms with Crippen molar-refractivity contribution in [2.45, 2.75) is 25.9 Å². The zero-order chi connectivity index (χ0) is 16.4. The molecule has 122 valence electrons. The number of amides is 1. The molecule has 1 amide bonds. The van der Waals surface area contributed by atoms with E-state index >= 15 is 0 Å². The SMILES string of the molecule is CCc1cc(=O)oc2cc(OCC(=O)N3CC[C@@H](O)C3)ccc12. The molecule has 0 radical (unpaired) electrons. The molecular formula is C17H19NO5. The van der Waals surface area contributed by atoms with E-state index in [9.17, 15) is 14.7 Å². The molecule has 3 rings (SSSR count). The highest BCUT2D eigenvalue weighted by molar-refractivity contribution is 5.82. The number of carbonyl (C=O) groups is 1. The first-order valence-corrected chi connectivity index (χ1v) is 7.72. The normalized spacial score (nSPS) is 17.7. The number of rotatable bonds is 4. The fourth-order valence-corrected chi connectivity index (χ4v) is 2.80. The predicted octanol–water partition coefficient (Wildman–Crippen LogP) is 1.33. The van der Waals surface area contributed by atoms with Crippen molar-refractivity contribution in [2.24, 2.45) is 0 Å². The lowest BCUT2D eigenvalue weighted by Crippen LogP contribution is -2.33. The molecule has 2 heterocycles. The first-order valence-electron chi connectivity index (χ1n) is 7.72. The Morgan fingerprint density at radius 1 is 1.43 bits per heavy atom. The van der Waals surface area contributed by atoms with Crippen molar-refractivity contribution < 1.29 is 19.1 Å². The lowest BCUT2D eigenvalue weighted by Gasteiger charge is -2.16. The van der Waals surface area contributed by atoms with Crippen molar-refractivity contribution in [1.82, 2.24) is 4.90 Å². The minimum atomic E-state index is -0.443. The number of carbonyl (C=O) groups excluding carboxylic acids is 1. The van der Waals surface area contributed by atoms with E-state index in [2.05, 4.69) is 0 Å². The van der Waals surface area contributed by atoms with E-state index in [1.165, 1.54) is 6.07 Å². The Kier molecular flexibility index (Phi) is 4.34. The Hall–Kier alpha value is -2.34. The van der Waals surface area contributed by atoms with E-state index in [1.807, 2.05) is 13.0 Å². The summed E-state index contributed by atoms with van der Waals surface area (Å²) in [5, 5.41) is 10.3. The lowest BCUT2D eigenvalue weighted by molar-refractivity contribution is -0.132. The summed E-state index contributed by atoms with van der Waals surface area (Å²) in [6, 6.07) is 6.71. The number of fused-ring (bicyclic) bond motifs is 1. The molecule has 0 unspecified atom stereocenters. The summed E-state index contributed by atoms with van der Waals surface area (Å²) >= 11 is 0. The Morgan fingerprint density at radius 3 is 2.96 bits per heavy atom. The van der Waals surface area contributed by atoms with E-state index in [0.29, 0.717) is 30.8 Å². The van der Waals surface area contributed by atoms with Gasteiger partial charge >= 0.3 is 5.63 Å². The average Bonchev–Trinajstić information content (AvgIpc) is 2.98. The van der Waals surface area contributed by atoms with Gasteiger partial charge in [-0.3, -0.25) is 4.79 Å². The van der Waals surface area contributed by atoms with Crippen molar-refractivity contribution >= 4 is 16.9 Å². The summed E-state index contributed by atoms with van der Waals surface area (Å²) in [4.78, 5) is 25.1. The number of aliphatic hydroxyl groups is 1. The molecule has 1 aromatic carbocycles. The molecule has 0 aliphatic carbocycles. The number of β-amino-alcohol motifs (C(OH)–C–C–N with tert-alkyl or cyclic N) is 1. The molecule has 6 heteroatoms. The van der Waals surface area contributed by atoms with Gasteiger partial charge in [0, 0.05) is 30.6 Å². The van der Waals surface area contributed by atoms with Crippen molar-refractivity contribution in [1.29, 1.82) is 0 Å². The van der Waals surface area contributed by atoms with Gasteiger partial charge in [-0.25, -0.2) is 4.79 Å². The molecule has 1 N–H and O–H groups in total. The van der Waals surface area contributed by atoms with Crippen molar-refractivity contribution in [3.05, 3.63) is 40.2 Å². The molecule has 1 atom stereocenters. The van der Waals surface area contributed by atoms with Crippen molar-refractivity contribution in [2.75, 3.05) is 19.7 Å². The predicted molar refractivity (Wildman–Crippen MR) is 84.6 cm³/mol. The van der Waals surface area contributed by atoms with Crippen LogP contribution in [0.4, 0.5) is 0 Å². The van der Waals surface area contributed by atoms with Gasteiger partial charge in [-0.1, -0.05) is 6.92 Å². The van der Waals surface area contributed by atoms with Crippen LogP contribution >= 0.6 is 0 Å². The number of likely N-dealkylation sites (tertiary alicyclic amines) is 1.